The van der Waals surface area contributed by atoms with Crippen molar-refractivity contribution in [1.82, 2.24) is 4.98 Å². The second-order valence-corrected chi connectivity index (χ2v) is 3.49. The van der Waals surface area contributed by atoms with Gasteiger partial charge in [-0.1, -0.05) is 0 Å². The Hall–Kier alpha value is -1.62. The second-order valence-electron chi connectivity index (χ2n) is 2.74. The minimum Gasteiger partial charge on any atom is -0.258 e. The number of hydrogen-bond acceptors (Lipinski definition) is 4. The summed E-state index contributed by atoms with van der Waals surface area (Å²) in [6.45, 7) is 0. The number of alkyl halides is 2. The van der Waals surface area contributed by atoms with Gasteiger partial charge in [-0.25, -0.2) is 13.8 Å². The van der Waals surface area contributed by atoms with E-state index in [2.05, 4.69) is 20.9 Å². The van der Waals surface area contributed by atoms with Gasteiger partial charge in [0.1, 0.15) is 4.60 Å². The van der Waals surface area contributed by atoms with Crippen molar-refractivity contribution in [2.75, 3.05) is 0 Å². The molecule has 0 amide bonds. The van der Waals surface area contributed by atoms with E-state index in [1.807, 2.05) is 0 Å². The summed E-state index contributed by atoms with van der Waals surface area (Å²) in [6, 6.07) is 2.69. The third-order valence-corrected chi connectivity index (χ3v) is 2.42. The van der Waals surface area contributed by atoms with Gasteiger partial charge in [-0.2, -0.15) is 5.26 Å². The van der Waals surface area contributed by atoms with Crippen molar-refractivity contribution in [2.45, 2.75) is 12.8 Å². The van der Waals surface area contributed by atoms with Crippen LogP contribution in [0.1, 0.15) is 17.7 Å². The van der Waals surface area contributed by atoms with Gasteiger partial charge in [0, 0.05) is 11.6 Å². The second kappa shape index (κ2) is 4.94. The highest BCUT2D eigenvalue weighted by Gasteiger charge is 2.25. The van der Waals surface area contributed by atoms with E-state index in [1.165, 1.54) is 0 Å². The number of aromatic nitrogens is 1. The third-order valence-electron chi connectivity index (χ3n) is 1.73. The number of hydrogen-bond donors (Lipinski definition) is 0. The normalized spacial score (nSPS) is 10.2. The molecule has 8 heteroatoms. The van der Waals surface area contributed by atoms with Gasteiger partial charge in [-0.05, 0) is 15.9 Å². The fraction of sp³-hybridized carbons (Fsp3) is 0.250. The number of nitriles is 1. The molecule has 0 saturated heterocycles. The Morgan fingerprint density at radius 2 is 2.31 bits per heavy atom. The quantitative estimate of drug-likeness (QED) is 0.487. The van der Waals surface area contributed by atoms with E-state index in [0.717, 1.165) is 6.07 Å². The van der Waals surface area contributed by atoms with Crippen molar-refractivity contribution in [1.29, 1.82) is 5.26 Å². The molecule has 0 aliphatic carbocycles. The molecule has 0 atom stereocenters. The summed E-state index contributed by atoms with van der Waals surface area (Å²) in [6.07, 6.45) is -3.18. The van der Waals surface area contributed by atoms with E-state index in [1.54, 1.807) is 6.07 Å². The van der Waals surface area contributed by atoms with E-state index >= 15 is 0 Å². The lowest BCUT2D eigenvalue weighted by atomic mass is 10.2. The molecule has 0 aliphatic heterocycles. The molecule has 0 saturated carbocycles. The van der Waals surface area contributed by atoms with Crippen LogP contribution in [0.15, 0.2) is 10.7 Å². The van der Waals surface area contributed by atoms with Gasteiger partial charge in [0.25, 0.3) is 12.1 Å². The van der Waals surface area contributed by atoms with E-state index in [9.17, 15) is 18.9 Å². The van der Waals surface area contributed by atoms with Crippen molar-refractivity contribution in [3.8, 4) is 6.07 Å². The Morgan fingerprint density at radius 3 is 2.75 bits per heavy atom. The molecule has 0 spiro atoms. The Labute approximate surface area is 97.0 Å². The average Bonchev–Trinajstić information content (AvgIpc) is 2.20. The molecule has 0 N–H and O–H groups in total. The van der Waals surface area contributed by atoms with Gasteiger partial charge in [0.15, 0.2) is 5.69 Å². The van der Waals surface area contributed by atoms with Crippen LogP contribution in [0.5, 0.6) is 0 Å². The maximum Gasteiger partial charge on any atom is 0.297 e. The van der Waals surface area contributed by atoms with Gasteiger partial charge in [-0.15, -0.1) is 0 Å². The Bertz CT molecular complexity index is 473. The number of rotatable bonds is 3. The molecule has 0 aromatic carbocycles. The van der Waals surface area contributed by atoms with Crippen LogP contribution < -0.4 is 0 Å². The predicted molar refractivity (Wildman–Crippen MR) is 52.9 cm³/mol. The SMILES string of the molecule is N#CCc1cc([N+](=O)[O-])c(C(F)F)nc1Br. The van der Waals surface area contributed by atoms with E-state index in [0.29, 0.717) is 0 Å². The zero-order valence-corrected chi connectivity index (χ0v) is 9.24. The standard InChI is InChI=1S/C8H4BrF2N3O2/c9-7-4(1-2-12)3-5(14(15)16)6(13-7)8(10)11/h3,8H,1H2. The lowest BCUT2D eigenvalue weighted by Crippen LogP contribution is -2.02. The van der Waals surface area contributed by atoms with E-state index in [-0.39, 0.29) is 16.6 Å². The van der Waals surface area contributed by atoms with E-state index in [4.69, 9.17) is 5.26 Å². The lowest BCUT2D eigenvalue weighted by molar-refractivity contribution is -0.386. The summed E-state index contributed by atoms with van der Waals surface area (Å²) < 4.78 is 24.9. The molecular weight excluding hydrogens is 288 g/mol. The van der Waals surface area contributed by atoms with Crippen molar-refractivity contribution < 1.29 is 13.7 Å². The van der Waals surface area contributed by atoms with Crippen LogP contribution in [-0.4, -0.2) is 9.91 Å². The molecule has 84 valence electrons. The molecule has 0 bridgehead atoms. The summed E-state index contributed by atoms with van der Waals surface area (Å²) in [7, 11) is 0. The zero-order valence-electron chi connectivity index (χ0n) is 7.65. The maximum atomic E-state index is 12.4. The molecule has 0 fully saturated rings. The molecule has 1 aromatic rings. The number of halogens is 3. The number of nitrogens with zero attached hydrogens (tertiary/aromatic N) is 3. The summed E-state index contributed by atoms with van der Waals surface area (Å²) in [4.78, 5) is 13.0. The van der Waals surface area contributed by atoms with Crippen LogP contribution in [0.3, 0.4) is 0 Å². The van der Waals surface area contributed by atoms with Crippen molar-refractivity contribution >= 4 is 21.6 Å². The third kappa shape index (κ3) is 2.49. The van der Waals surface area contributed by atoms with Crippen molar-refractivity contribution in [3.05, 3.63) is 32.0 Å². The summed E-state index contributed by atoms with van der Waals surface area (Å²) in [5.74, 6) is 0. The first-order chi connectivity index (χ1) is 7.47. The van der Waals surface area contributed by atoms with Crippen LogP contribution in [0.4, 0.5) is 14.5 Å². The Kier molecular flexibility index (Phi) is 3.84. The molecule has 5 nitrogen and oxygen atoms in total. The predicted octanol–water partition coefficient (Wildman–Crippen LogP) is 2.76. The minimum absolute atomic E-state index is 0.0231. The maximum absolute atomic E-state index is 12.4. The minimum atomic E-state index is -3.03. The van der Waals surface area contributed by atoms with Crippen LogP contribution in [-0.2, 0) is 6.42 Å². The van der Waals surface area contributed by atoms with Crippen LogP contribution in [0.2, 0.25) is 0 Å². The molecule has 0 radical (unpaired) electrons. The van der Waals surface area contributed by atoms with Gasteiger partial charge >= 0.3 is 0 Å². The van der Waals surface area contributed by atoms with Crippen LogP contribution >= 0.6 is 15.9 Å². The van der Waals surface area contributed by atoms with Crippen LogP contribution in [0.25, 0.3) is 0 Å². The Morgan fingerprint density at radius 1 is 1.69 bits per heavy atom. The Balaban J connectivity index is 3.38. The summed E-state index contributed by atoms with van der Waals surface area (Å²) >= 11 is 2.88. The largest absolute Gasteiger partial charge is 0.297 e. The van der Waals surface area contributed by atoms with Gasteiger partial charge in [0.05, 0.1) is 17.4 Å². The van der Waals surface area contributed by atoms with Gasteiger partial charge in [-0.3, -0.25) is 10.1 Å². The molecule has 1 heterocycles. The lowest BCUT2D eigenvalue weighted by Gasteiger charge is -2.04. The number of pyridine rings is 1. The summed E-state index contributed by atoms with van der Waals surface area (Å²) in [5, 5.41) is 19.0. The topological polar surface area (TPSA) is 79.8 Å². The van der Waals surface area contributed by atoms with Gasteiger partial charge in [0.2, 0.25) is 0 Å². The first kappa shape index (κ1) is 12.4. The summed E-state index contributed by atoms with van der Waals surface area (Å²) in [5.41, 5.74) is -1.47. The average molecular weight is 292 g/mol. The monoisotopic (exact) mass is 291 g/mol. The smallest absolute Gasteiger partial charge is 0.258 e. The molecule has 1 aromatic heterocycles. The molecule has 16 heavy (non-hydrogen) atoms. The van der Waals surface area contributed by atoms with Crippen LogP contribution in [0, 0.1) is 21.4 Å². The van der Waals surface area contributed by atoms with Crippen molar-refractivity contribution in [2.24, 2.45) is 0 Å². The first-order valence-electron chi connectivity index (χ1n) is 3.96. The first-order valence-corrected chi connectivity index (χ1v) is 4.75. The fourth-order valence-corrected chi connectivity index (χ4v) is 1.49. The van der Waals surface area contributed by atoms with E-state index < -0.39 is 22.7 Å². The van der Waals surface area contributed by atoms with Crippen molar-refractivity contribution in [3.63, 3.8) is 0 Å². The highest BCUT2D eigenvalue weighted by molar-refractivity contribution is 9.10. The number of nitro groups is 1. The molecule has 0 aliphatic rings. The molecule has 0 unspecified atom stereocenters. The fourth-order valence-electron chi connectivity index (χ4n) is 1.05. The molecular formula is C8H4BrF2N3O2. The van der Waals surface area contributed by atoms with Gasteiger partial charge < -0.3 is 0 Å². The highest BCUT2D eigenvalue weighted by Crippen LogP contribution is 2.30. The highest BCUT2D eigenvalue weighted by atomic mass is 79.9. The molecule has 1 rings (SSSR count). The zero-order chi connectivity index (χ0) is 12.3.